The van der Waals surface area contributed by atoms with E-state index < -0.39 is 15.6 Å². The Morgan fingerprint density at radius 3 is 2.27 bits per heavy atom. The molecule has 26 heavy (non-hydrogen) atoms. The summed E-state index contributed by atoms with van der Waals surface area (Å²) >= 11 is 5.97. The van der Waals surface area contributed by atoms with E-state index in [-0.39, 0.29) is 0 Å². The number of ether oxygens (including phenoxy) is 1. The van der Waals surface area contributed by atoms with Gasteiger partial charge in [-0.25, -0.2) is 4.79 Å². The van der Waals surface area contributed by atoms with Gasteiger partial charge in [0.2, 0.25) is 0 Å². The Hall–Kier alpha value is -2.76. The number of para-hydroxylation sites is 1. The van der Waals surface area contributed by atoms with Crippen LogP contribution in [0.2, 0.25) is 5.02 Å². The molecule has 1 unspecified atom stereocenters. The fraction of sp³-hybridized carbons (Fsp3) is 0. The number of carbonyl (C=O) groups is 1. The van der Waals surface area contributed by atoms with Crippen LogP contribution >= 0.6 is 11.6 Å². The minimum atomic E-state index is -2.68. The van der Waals surface area contributed by atoms with E-state index in [1.54, 1.807) is 72.8 Å². The molecule has 0 bridgehead atoms. The second-order valence-corrected chi connectivity index (χ2v) is 8.21. The maximum absolute atomic E-state index is 13.0. The summed E-state index contributed by atoms with van der Waals surface area (Å²) in [5.74, 6) is 4.30. The quantitative estimate of drug-likeness (QED) is 0.637. The van der Waals surface area contributed by atoms with Crippen molar-refractivity contribution >= 4 is 38.8 Å². The normalized spacial score (nSPS) is 12.8. The van der Waals surface area contributed by atoms with Gasteiger partial charge < -0.3 is 4.74 Å². The third-order valence-corrected chi connectivity index (χ3v) is 5.90. The summed E-state index contributed by atoms with van der Waals surface area (Å²) in [6.07, 6.45) is -0.603. The maximum atomic E-state index is 13.0. The third kappa shape index (κ3) is 4.25. The zero-order valence-electron chi connectivity index (χ0n) is 13.7. The molecule has 0 aliphatic heterocycles. The fourth-order valence-electron chi connectivity index (χ4n) is 2.31. The first-order valence-electron chi connectivity index (χ1n) is 7.72. The van der Waals surface area contributed by atoms with Crippen molar-refractivity contribution in [3.63, 3.8) is 0 Å². The van der Waals surface area contributed by atoms with Crippen LogP contribution in [0.25, 0.3) is 0 Å². The Balaban J connectivity index is 1.73. The van der Waals surface area contributed by atoms with E-state index in [0.717, 1.165) is 0 Å². The molecule has 0 saturated carbocycles. The van der Waals surface area contributed by atoms with Crippen LogP contribution in [-0.4, -0.2) is 16.2 Å². The molecule has 0 heterocycles. The Kier molecular flexibility index (Phi) is 5.30. The Morgan fingerprint density at radius 2 is 1.62 bits per heavy atom. The largest absolute Gasteiger partial charge is 0.417 e. The van der Waals surface area contributed by atoms with E-state index in [9.17, 15) is 9.00 Å². The second kappa shape index (κ2) is 7.64. The molecule has 1 atom stereocenters. The molecule has 0 aliphatic carbocycles. The number of hydrogen-bond acceptors (Lipinski definition) is 3. The highest BCUT2D eigenvalue weighted by molar-refractivity contribution is 8.00. The van der Waals surface area contributed by atoms with Gasteiger partial charge in [0.25, 0.3) is 0 Å². The van der Waals surface area contributed by atoms with Crippen molar-refractivity contribution < 1.29 is 13.7 Å². The summed E-state index contributed by atoms with van der Waals surface area (Å²) in [6.45, 7) is 0. The topological polar surface area (TPSA) is 55.4 Å². The molecule has 0 aromatic heterocycles. The third-order valence-electron chi connectivity index (χ3n) is 3.61. The van der Waals surface area contributed by atoms with Crippen LogP contribution in [0, 0.1) is 0 Å². The molecule has 0 fully saturated rings. The van der Waals surface area contributed by atoms with Gasteiger partial charge in [0, 0.05) is 30.0 Å². The fourth-order valence-corrected chi connectivity index (χ4v) is 4.02. The molecule has 0 radical (unpaired) electrons. The summed E-state index contributed by atoms with van der Waals surface area (Å²) in [5.41, 5.74) is 0.524. The van der Waals surface area contributed by atoms with E-state index >= 15 is 0 Å². The second-order valence-electron chi connectivity index (χ2n) is 5.48. The zero-order valence-corrected chi connectivity index (χ0v) is 15.3. The van der Waals surface area contributed by atoms with Crippen LogP contribution in [-0.2, 0) is 9.52 Å². The number of amides is 1. The summed E-state index contributed by atoms with van der Waals surface area (Å²) in [4.78, 5) is 13.0. The maximum Gasteiger partial charge on any atom is 0.417 e. The highest BCUT2D eigenvalue weighted by Gasteiger charge is 2.12. The van der Waals surface area contributed by atoms with Crippen LogP contribution in [0.4, 0.5) is 10.5 Å². The molecule has 0 spiro atoms. The molecule has 4 nitrogen and oxygen atoms in total. The average molecular weight is 386 g/mol. The van der Waals surface area contributed by atoms with Crippen molar-refractivity contribution in [2.24, 2.45) is 0 Å². The van der Waals surface area contributed by atoms with E-state index in [0.29, 0.717) is 26.3 Å². The molecule has 1 amide bonds. The Morgan fingerprint density at radius 1 is 0.923 bits per heavy atom. The molecule has 6 heteroatoms. The SMILES string of the molecule is C=S(=O)(c1ccc(NC(=O)Oc2ccccc2)cc1)c1cccc(Cl)c1. The van der Waals surface area contributed by atoms with Crippen molar-refractivity contribution in [1.82, 2.24) is 0 Å². The van der Waals surface area contributed by atoms with Gasteiger partial charge in [0.15, 0.2) is 0 Å². The van der Waals surface area contributed by atoms with Gasteiger partial charge in [0.1, 0.15) is 5.75 Å². The number of halogens is 1. The first-order valence-corrected chi connectivity index (χ1v) is 9.82. The van der Waals surface area contributed by atoms with Gasteiger partial charge in [-0.05, 0) is 60.5 Å². The van der Waals surface area contributed by atoms with Gasteiger partial charge in [-0.2, -0.15) is 0 Å². The monoisotopic (exact) mass is 385 g/mol. The lowest BCUT2D eigenvalue weighted by Crippen LogP contribution is -2.16. The lowest BCUT2D eigenvalue weighted by atomic mass is 10.3. The summed E-state index contributed by atoms with van der Waals surface area (Å²) in [6, 6.07) is 22.2. The number of anilines is 1. The van der Waals surface area contributed by atoms with Crippen LogP contribution < -0.4 is 10.1 Å². The van der Waals surface area contributed by atoms with Gasteiger partial charge in [-0.15, -0.1) is 0 Å². The summed E-state index contributed by atoms with van der Waals surface area (Å²) in [5, 5.41) is 3.12. The lowest BCUT2D eigenvalue weighted by Gasteiger charge is -2.11. The van der Waals surface area contributed by atoms with Gasteiger partial charge in [-0.3, -0.25) is 9.53 Å². The lowest BCUT2D eigenvalue weighted by molar-refractivity contribution is 0.215. The first-order chi connectivity index (χ1) is 12.4. The van der Waals surface area contributed by atoms with Crippen LogP contribution in [0.15, 0.2) is 88.7 Å². The van der Waals surface area contributed by atoms with Gasteiger partial charge in [-0.1, -0.05) is 35.9 Å². The molecule has 0 aliphatic rings. The molecule has 132 valence electrons. The standard InChI is InChI=1S/C20H16ClNO3S/c1-26(24,19-9-5-6-15(21)14-19)18-12-10-16(11-13-18)22-20(23)25-17-7-3-2-4-8-17/h2-14H,1H2,(H,22,23). The number of carbonyl (C=O) groups excluding carboxylic acids is 1. The zero-order chi connectivity index (χ0) is 18.6. The first kappa shape index (κ1) is 18.0. The van der Waals surface area contributed by atoms with Crippen molar-refractivity contribution in [2.45, 2.75) is 9.79 Å². The minimum Gasteiger partial charge on any atom is -0.410 e. The molecular formula is C20H16ClNO3S. The Bertz CT molecular complexity index is 1020. The van der Waals surface area contributed by atoms with Crippen molar-refractivity contribution in [2.75, 3.05) is 5.32 Å². The molecule has 3 rings (SSSR count). The van der Waals surface area contributed by atoms with Gasteiger partial charge >= 0.3 is 6.09 Å². The van der Waals surface area contributed by atoms with Crippen LogP contribution in [0.3, 0.4) is 0 Å². The van der Waals surface area contributed by atoms with Crippen molar-refractivity contribution in [3.8, 4) is 5.75 Å². The highest BCUT2D eigenvalue weighted by Crippen LogP contribution is 2.24. The van der Waals surface area contributed by atoms with Gasteiger partial charge in [0.05, 0.1) is 0 Å². The van der Waals surface area contributed by atoms with E-state index in [2.05, 4.69) is 11.2 Å². The molecule has 0 saturated heterocycles. The predicted octanol–water partition coefficient (Wildman–Crippen LogP) is 5.09. The van der Waals surface area contributed by atoms with Crippen LogP contribution in [0.1, 0.15) is 0 Å². The van der Waals surface area contributed by atoms with Crippen molar-refractivity contribution in [1.29, 1.82) is 0 Å². The smallest absolute Gasteiger partial charge is 0.410 e. The molecule has 1 N–H and O–H groups in total. The Labute approximate surface area is 157 Å². The average Bonchev–Trinajstić information content (AvgIpc) is 2.63. The predicted molar refractivity (Wildman–Crippen MR) is 106 cm³/mol. The number of rotatable bonds is 4. The van der Waals surface area contributed by atoms with E-state index in [1.165, 1.54) is 0 Å². The van der Waals surface area contributed by atoms with E-state index in [1.807, 2.05) is 6.07 Å². The summed E-state index contributed by atoms with van der Waals surface area (Å²) in [7, 11) is -2.68. The number of hydrogen-bond donors (Lipinski definition) is 1. The van der Waals surface area contributed by atoms with E-state index in [4.69, 9.17) is 16.3 Å². The number of benzene rings is 3. The molecule has 3 aromatic rings. The highest BCUT2D eigenvalue weighted by atomic mass is 35.5. The molecular weight excluding hydrogens is 370 g/mol. The minimum absolute atomic E-state index is 0.448. The summed E-state index contributed by atoms with van der Waals surface area (Å²) < 4.78 is 18.2. The number of nitrogens with one attached hydrogen (secondary N) is 1. The van der Waals surface area contributed by atoms with Crippen LogP contribution in [0.5, 0.6) is 5.75 Å². The molecule has 3 aromatic carbocycles. The van der Waals surface area contributed by atoms with Crippen molar-refractivity contribution in [3.05, 3.63) is 83.9 Å².